The molecule has 1 N–H and O–H groups in total. The Kier molecular flexibility index (Phi) is 4.11. The van der Waals surface area contributed by atoms with Crippen LogP contribution in [0, 0.1) is 0 Å². The van der Waals surface area contributed by atoms with E-state index in [-0.39, 0.29) is 5.91 Å². The van der Waals surface area contributed by atoms with Crippen molar-refractivity contribution in [1.29, 1.82) is 0 Å². The van der Waals surface area contributed by atoms with E-state index in [0.29, 0.717) is 24.1 Å². The van der Waals surface area contributed by atoms with E-state index in [1.54, 1.807) is 24.5 Å². The van der Waals surface area contributed by atoms with Crippen LogP contribution in [0.25, 0.3) is 11.1 Å². The highest BCUT2D eigenvalue weighted by molar-refractivity contribution is 7.09. The summed E-state index contributed by atoms with van der Waals surface area (Å²) < 4.78 is 6.51. The van der Waals surface area contributed by atoms with Crippen molar-refractivity contribution in [3.63, 3.8) is 0 Å². The molecule has 0 aliphatic heterocycles. The lowest BCUT2D eigenvalue weighted by atomic mass is 10.1. The summed E-state index contributed by atoms with van der Waals surface area (Å²) in [6, 6.07) is 9.42. The Labute approximate surface area is 131 Å². The Bertz CT molecular complexity index is 846. The van der Waals surface area contributed by atoms with E-state index < -0.39 is 5.76 Å². The van der Waals surface area contributed by atoms with Gasteiger partial charge < -0.3 is 9.73 Å². The largest absolute Gasteiger partial charge is 0.419 e. The highest BCUT2D eigenvalue weighted by atomic mass is 32.1. The molecular weight excluding hydrogens is 300 g/mol. The van der Waals surface area contributed by atoms with Gasteiger partial charge in [0.15, 0.2) is 5.58 Å². The lowest BCUT2D eigenvalue weighted by Crippen LogP contribution is -2.27. The molecule has 2 aromatic heterocycles. The van der Waals surface area contributed by atoms with Crippen LogP contribution in [0.2, 0.25) is 0 Å². The van der Waals surface area contributed by atoms with Crippen molar-refractivity contribution in [3.05, 3.63) is 56.7 Å². The second kappa shape index (κ2) is 6.19. The van der Waals surface area contributed by atoms with E-state index in [2.05, 4.69) is 11.4 Å². The number of aryl methyl sites for hydroxylation is 1. The fourth-order valence-corrected chi connectivity index (χ4v) is 3.02. The third-order valence-corrected chi connectivity index (χ3v) is 4.43. The maximum Gasteiger partial charge on any atom is 0.419 e. The zero-order chi connectivity index (χ0) is 15.5. The van der Waals surface area contributed by atoms with Gasteiger partial charge in [-0.2, -0.15) is 0 Å². The average molecular weight is 316 g/mol. The Balaban J connectivity index is 1.61. The van der Waals surface area contributed by atoms with Gasteiger partial charge in [-0.15, -0.1) is 11.3 Å². The molecule has 22 heavy (non-hydrogen) atoms. The van der Waals surface area contributed by atoms with Gasteiger partial charge in [0.2, 0.25) is 5.91 Å². The topological polar surface area (TPSA) is 64.2 Å². The minimum Gasteiger partial charge on any atom is -0.408 e. The first-order valence-electron chi connectivity index (χ1n) is 7.01. The molecule has 0 fully saturated rings. The smallest absolute Gasteiger partial charge is 0.408 e. The summed E-state index contributed by atoms with van der Waals surface area (Å²) in [6.45, 7) is 0.631. The normalized spacial score (nSPS) is 11.0. The molecule has 0 unspecified atom stereocenters. The number of oxazole rings is 1. The van der Waals surface area contributed by atoms with Crippen LogP contribution in [0.5, 0.6) is 0 Å². The van der Waals surface area contributed by atoms with Crippen molar-refractivity contribution in [3.8, 4) is 0 Å². The second-order valence-corrected chi connectivity index (χ2v) is 6.12. The number of amides is 1. The molecule has 3 rings (SSSR count). The maximum atomic E-state index is 12.0. The first-order chi connectivity index (χ1) is 10.6. The number of rotatable bonds is 5. The molecule has 1 amide bonds. The molecule has 3 aromatic rings. The van der Waals surface area contributed by atoms with Gasteiger partial charge >= 0.3 is 5.76 Å². The summed E-state index contributed by atoms with van der Waals surface area (Å²) >= 11 is 1.69. The molecule has 6 heteroatoms. The van der Waals surface area contributed by atoms with Gasteiger partial charge in [0.05, 0.1) is 11.9 Å². The van der Waals surface area contributed by atoms with Crippen LogP contribution < -0.4 is 11.1 Å². The fourth-order valence-electron chi connectivity index (χ4n) is 2.31. The lowest BCUT2D eigenvalue weighted by molar-refractivity contribution is -0.120. The number of fused-ring (bicyclic) bond motifs is 1. The summed E-state index contributed by atoms with van der Waals surface area (Å²) in [5.41, 5.74) is 2.10. The van der Waals surface area contributed by atoms with Crippen LogP contribution in [-0.4, -0.2) is 17.0 Å². The quantitative estimate of drug-likeness (QED) is 0.784. The Hall–Kier alpha value is -2.34. The average Bonchev–Trinajstić information content (AvgIpc) is 3.09. The molecule has 0 bridgehead atoms. The van der Waals surface area contributed by atoms with Gasteiger partial charge in [-0.25, -0.2) is 4.79 Å². The number of carbonyl (C=O) groups is 1. The Morgan fingerprint density at radius 1 is 1.36 bits per heavy atom. The molecule has 0 radical (unpaired) electrons. The van der Waals surface area contributed by atoms with E-state index >= 15 is 0 Å². The van der Waals surface area contributed by atoms with Gasteiger partial charge in [0.25, 0.3) is 0 Å². The van der Waals surface area contributed by atoms with Gasteiger partial charge in [0, 0.05) is 18.5 Å². The number of thiophene rings is 1. The lowest BCUT2D eigenvalue weighted by Gasteiger charge is -2.05. The van der Waals surface area contributed by atoms with E-state index in [1.807, 2.05) is 23.6 Å². The molecule has 0 atom stereocenters. The van der Waals surface area contributed by atoms with Crippen molar-refractivity contribution in [2.45, 2.75) is 12.8 Å². The summed E-state index contributed by atoms with van der Waals surface area (Å²) in [6.07, 6.45) is 1.14. The monoisotopic (exact) mass is 316 g/mol. The predicted molar refractivity (Wildman–Crippen MR) is 86.2 cm³/mol. The summed E-state index contributed by atoms with van der Waals surface area (Å²) in [5.74, 6) is -0.419. The number of benzene rings is 1. The SMILES string of the molecule is Cn1c(=O)oc2ccc(CC(=O)NCCc3cccs3)cc21. The Morgan fingerprint density at radius 3 is 3.00 bits per heavy atom. The Morgan fingerprint density at radius 2 is 2.23 bits per heavy atom. The van der Waals surface area contributed by atoms with E-state index in [9.17, 15) is 9.59 Å². The zero-order valence-corrected chi connectivity index (χ0v) is 13.0. The standard InChI is InChI=1S/C16H16N2O3S/c1-18-13-9-11(4-5-14(13)21-16(18)20)10-15(19)17-7-6-12-3-2-8-22-12/h2-5,8-9H,6-7,10H2,1H3,(H,17,19). The minimum atomic E-state index is -0.396. The molecule has 0 aliphatic carbocycles. The number of hydrogen-bond donors (Lipinski definition) is 1. The first-order valence-corrected chi connectivity index (χ1v) is 7.89. The van der Waals surface area contributed by atoms with Crippen molar-refractivity contribution in [2.24, 2.45) is 7.05 Å². The van der Waals surface area contributed by atoms with E-state index in [0.717, 1.165) is 12.0 Å². The number of hydrogen-bond acceptors (Lipinski definition) is 4. The number of carbonyl (C=O) groups excluding carboxylic acids is 1. The van der Waals surface area contributed by atoms with Crippen LogP contribution >= 0.6 is 11.3 Å². The van der Waals surface area contributed by atoms with Gasteiger partial charge in [-0.05, 0) is 35.6 Å². The summed E-state index contributed by atoms with van der Waals surface area (Å²) in [4.78, 5) is 24.7. The second-order valence-electron chi connectivity index (χ2n) is 5.09. The molecular formula is C16H16N2O3S. The fraction of sp³-hybridized carbons (Fsp3) is 0.250. The van der Waals surface area contributed by atoms with Gasteiger partial charge in [-0.1, -0.05) is 12.1 Å². The highest BCUT2D eigenvalue weighted by Gasteiger charge is 2.09. The van der Waals surface area contributed by atoms with Crippen molar-refractivity contribution in [1.82, 2.24) is 9.88 Å². The number of nitrogens with one attached hydrogen (secondary N) is 1. The van der Waals surface area contributed by atoms with Crippen LogP contribution in [0.3, 0.4) is 0 Å². The molecule has 0 saturated heterocycles. The first kappa shape index (κ1) is 14.6. The van der Waals surface area contributed by atoms with Gasteiger partial charge in [0.1, 0.15) is 0 Å². The van der Waals surface area contributed by atoms with Crippen molar-refractivity contribution >= 4 is 28.3 Å². The molecule has 0 saturated carbocycles. The molecule has 5 nitrogen and oxygen atoms in total. The maximum absolute atomic E-state index is 12.0. The molecule has 1 aromatic carbocycles. The molecule has 114 valence electrons. The number of nitrogens with zero attached hydrogens (tertiary/aromatic N) is 1. The van der Waals surface area contributed by atoms with Crippen LogP contribution in [0.4, 0.5) is 0 Å². The van der Waals surface area contributed by atoms with Crippen LogP contribution in [-0.2, 0) is 24.7 Å². The predicted octanol–water partition coefficient (Wildman–Crippen LogP) is 2.09. The molecule has 0 aliphatic rings. The van der Waals surface area contributed by atoms with Crippen LogP contribution in [0.15, 0.2) is 44.9 Å². The minimum absolute atomic E-state index is 0.0237. The van der Waals surface area contributed by atoms with E-state index in [4.69, 9.17) is 4.42 Å². The van der Waals surface area contributed by atoms with Crippen LogP contribution in [0.1, 0.15) is 10.4 Å². The number of aromatic nitrogens is 1. The van der Waals surface area contributed by atoms with Crippen molar-refractivity contribution < 1.29 is 9.21 Å². The summed E-state index contributed by atoms with van der Waals surface area (Å²) in [5, 5.41) is 4.94. The zero-order valence-electron chi connectivity index (χ0n) is 12.2. The van der Waals surface area contributed by atoms with E-state index in [1.165, 1.54) is 9.44 Å². The molecule has 0 spiro atoms. The molecule has 2 heterocycles. The third kappa shape index (κ3) is 3.12. The highest BCUT2D eigenvalue weighted by Crippen LogP contribution is 2.14. The summed E-state index contributed by atoms with van der Waals surface area (Å²) in [7, 11) is 1.65. The third-order valence-electron chi connectivity index (χ3n) is 3.49. The van der Waals surface area contributed by atoms with Gasteiger partial charge in [-0.3, -0.25) is 9.36 Å². The van der Waals surface area contributed by atoms with Crippen molar-refractivity contribution in [2.75, 3.05) is 6.54 Å².